The van der Waals surface area contributed by atoms with Gasteiger partial charge in [-0.15, -0.1) is 0 Å². The highest BCUT2D eigenvalue weighted by atomic mass is 16.6. The zero-order valence-corrected chi connectivity index (χ0v) is 18.2. The van der Waals surface area contributed by atoms with Crippen molar-refractivity contribution in [2.75, 3.05) is 0 Å². The number of fused-ring (bicyclic) bond motifs is 1. The second-order valence-electron chi connectivity index (χ2n) is 8.92. The van der Waals surface area contributed by atoms with Gasteiger partial charge in [-0.05, 0) is 55.1 Å². The standard InChI is InChI=1S/C27H31NO4/c29-25-17-22-15-19(9-7-8-14-26(30)31)16-23(22)24(25)18-28-32-27(20-10-3-1-4-11-20)21-12-5-2-6-13-21/h1-6,9-13,18,22-25,27,29H,7-8,14-17H2,(H,30,31)/b19-9-,28-18-/t22-,23-,24+,25+/m0/s1. The number of hydrogen-bond donors (Lipinski definition) is 2. The molecule has 2 aromatic carbocycles. The Bertz CT molecular complexity index is 901. The highest BCUT2D eigenvalue weighted by Crippen LogP contribution is 2.49. The number of carboxylic acid groups (broad SMARTS) is 1. The summed E-state index contributed by atoms with van der Waals surface area (Å²) in [6.07, 6.45) is 7.76. The molecule has 0 aliphatic heterocycles. The Labute approximate surface area is 189 Å². The molecule has 2 fully saturated rings. The minimum atomic E-state index is -0.740. The first-order valence-corrected chi connectivity index (χ1v) is 11.5. The summed E-state index contributed by atoms with van der Waals surface area (Å²) in [6, 6.07) is 20.1. The van der Waals surface area contributed by atoms with Crippen molar-refractivity contribution < 1.29 is 19.8 Å². The van der Waals surface area contributed by atoms with Gasteiger partial charge in [-0.25, -0.2) is 0 Å². The average molecular weight is 434 g/mol. The lowest BCUT2D eigenvalue weighted by Crippen LogP contribution is -2.20. The van der Waals surface area contributed by atoms with Crippen molar-refractivity contribution in [3.63, 3.8) is 0 Å². The molecule has 0 bridgehead atoms. The number of aliphatic hydroxyl groups is 1. The highest BCUT2D eigenvalue weighted by molar-refractivity contribution is 5.66. The summed E-state index contributed by atoms with van der Waals surface area (Å²) in [6.45, 7) is 0. The summed E-state index contributed by atoms with van der Waals surface area (Å²) < 4.78 is 0. The maximum absolute atomic E-state index is 10.7. The molecule has 2 aromatic rings. The lowest BCUT2D eigenvalue weighted by molar-refractivity contribution is -0.137. The Hall–Kier alpha value is -2.92. The molecule has 0 amide bonds. The van der Waals surface area contributed by atoms with Crippen LogP contribution in [0.15, 0.2) is 77.5 Å². The SMILES string of the molecule is O=C(O)CCC/C=C1/C[C@H]2C[C@@H](O)[C@H](/C=N\OC(c3ccccc3)c3ccccc3)[C@H]2C1. The van der Waals surface area contributed by atoms with Crippen molar-refractivity contribution >= 4 is 12.2 Å². The summed E-state index contributed by atoms with van der Waals surface area (Å²) in [7, 11) is 0. The number of benzene rings is 2. The Morgan fingerprint density at radius 3 is 2.34 bits per heavy atom. The van der Waals surface area contributed by atoms with E-state index < -0.39 is 12.1 Å². The fourth-order valence-corrected chi connectivity index (χ4v) is 5.17. The molecule has 168 valence electrons. The number of rotatable bonds is 9. The summed E-state index contributed by atoms with van der Waals surface area (Å²) in [4.78, 5) is 16.7. The fraction of sp³-hybridized carbons (Fsp3) is 0.407. The highest BCUT2D eigenvalue weighted by Gasteiger charge is 2.45. The number of carbonyl (C=O) groups is 1. The van der Waals surface area contributed by atoms with E-state index in [1.165, 1.54) is 5.57 Å². The van der Waals surface area contributed by atoms with E-state index in [9.17, 15) is 9.90 Å². The molecule has 2 aliphatic rings. The lowest BCUT2D eigenvalue weighted by atomic mass is 9.92. The van der Waals surface area contributed by atoms with Gasteiger partial charge in [0.15, 0.2) is 6.10 Å². The molecule has 2 N–H and O–H groups in total. The average Bonchev–Trinajstić information content (AvgIpc) is 3.32. The van der Waals surface area contributed by atoms with Crippen LogP contribution < -0.4 is 0 Å². The molecule has 2 saturated carbocycles. The third-order valence-electron chi connectivity index (χ3n) is 6.74. The number of aliphatic carboxylic acids is 1. The van der Waals surface area contributed by atoms with Crippen LogP contribution in [0.3, 0.4) is 0 Å². The molecule has 0 spiro atoms. The van der Waals surface area contributed by atoms with Crippen molar-refractivity contribution in [1.29, 1.82) is 0 Å². The van der Waals surface area contributed by atoms with Crippen LogP contribution in [0.25, 0.3) is 0 Å². The third-order valence-corrected chi connectivity index (χ3v) is 6.74. The number of nitrogens with zero attached hydrogens (tertiary/aromatic N) is 1. The van der Waals surface area contributed by atoms with Crippen molar-refractivity contribution in [3.05, 3.63) is 83.4 Å². The molecule has 2 aliphatic carbocycles. The molecule has 0 radical (unpaired) electrons. The second kappa shape index (κ2) is 10.6. The fourth-order valence-electron chi connectivity index (χ4n) is 5.17. The summed E-state index contributed by atoms with van der Waals surface area (Å²) in [5.41, 5.74) is 3.46. The lowest BCUT2D eigenvalue weighted by Gasteiger charge is -2.18. The molecular weight excluding hydrogens is 402 g/mol. The van der Waals surface area contributed by atoms with Crippen molar-refractivity contribution in [2.24, 2.45) is 22.9 Å². The minimum absolute atomic E-state index is 0.0166. The minimum Gasteiger partial charge on any atom is -0.481 e. The van der Waals surface area contributed by atoms with Crippen molar-refractivity contribution in [3.8, 4) is 0 Å². The van der Waals surface area contributed by atoms with E-state index in [2.05, 4.69) is 11.2 Å². The van der Waals surface area contributed by atoms with E-state index in [4.69, 9.17) is 9.94 Å². The normalized spacial score (nSPS) is 26.1. The van der Waals surface area contributed by atoms with Gasteiger partial charge in [0.2, 0.25) is 0 Å². The number of hydrogen-bond acceptors (Lipinski definition) is 4. The number of carboxylic acids is 1. The van der Waals surface area contributed by atoms with Crippen LogP contribution in [-0.4, -0.2) is 28.5 Å². The van der Waals surface area contributed by atoms with Gasteiger partial charge >= 0.3 is 5.97 Å². The molecule has 0 aromatic heterocycles. The largest absolute Gasteiger partial charge is 0.481 e. The van der Waals surface area contributed by atoms with Gasteiger partial charge in [-0.2, -0.15) is 0 Å². The van der Waals surface area contributed by atoms with Gasteiger partial charge < -0.3 is 15.1 Å². The zero-order valence-electron chi connectivity index (χ0n) is 18.2. The number of unbranched alkanes of at least 4 members (excludes halogenated alkanes) is 1. The monoisotopic (exact) mass is 433 g/mol. The predicted octanol–water partition coefficient (Wildman–Crippen LogP) is 5.37. The molecule has 5 heteroatoms. The number of oxime groups is 1. The number of allylic oxidation sites excluding steroid dienone is 2. The first kappa shape index (κ1) is 22.3. The first-order valence-electron chi connectivity index (χ1n) is 11.5. The van der Waals surface area contributed by atoms with Gasteiger partial charge in [0.25, 0.3) is 0 Å². The van der Waals surface area contributed by atoms with Crippen molar-refractivity contribution in [1.82, 2.24) is 0 Å². The quantitative estimate of drug-likeness (QED) is 0.241. The first-order chi connectivity index (χ1) is 15.6. The summed E-state index contributed by atoms with van der Waals surface area (Å²) in [5.74, 6) is 0.0775. The molecule has 0 heterocycles. The molecule has 32 heavy (non-hydrogen) atoms. The van der Waals surface area contributed by atoms with Gasteiger partial charge in [0.05, 0.1) is 6.10 Å². The van der Waals surface area contributed by atoms with Crippen LogP contribution in [0.4, 0.5) is 0 Å². The summed E-state index contributed by atoms with van der Waals surface area (Å²) >= 11 is 0. The molecule has 4 rings (SSSR count). The molecular formula is C27H31NO4. The van der Waals surface area contributed by atoms with Crippen LogP contribution in [0.1, 0.15) is 55.8 Å². The van der Waals surface area contributed by atoms with Gasteiger partial charge in [0.1, 0.15) is 0 Å². The Kier molecular flexibility index (Phi) is 7.38. The van der Waals surface area contributed by atoms with Gasteiger partial charge in [-0.3, -0.25) is 4.79 Å². The van der Waals surface area contributed by atoms with E-state index in [-0.39, 0.29) is 18.4 Å². The molecule has 0 saturated heterocycles. The Morgan fingerprint density at radius 1 is 1.06 bits per heavy atom. The number of aliphatic hydroxyl groups excluding tert-OH is 1. The zero-order chi connectivity index (χ0) is 22.3. The maximum Gasteiger partial charge on any atom is 0.303 e. The van der Waals surface area contributed by atoms with Crippen molar-refractivity contribution in [2.45, 2.75) is 50.7 Å². The third kappa shape index (κ3) is 5.46. The van der Waals surface area contributed by atoms with Crippen LogP contribution in [0.2, 0.25) is 0 Å². The van der Waals surface area contributed by atoms with Crippen LogP contribution in [0, 0.1) is 17.8 Å². The summed E-state index contributed by atoms with van der Waals surface area (Å²) in [5, 5.41) is 23.8. The van der Waals surface area contributed by atoms with Crippen LogP contribution in [-0.2, 0) is 9.63 Å². The topological polar surface area (TPSA) is 79.1 Å². The Morgan fingerprint density at radius 2 is 1.72 bits per heavy atom. The van der Waals surface area contributed by atoms with Crippen LogP contribution >= 0.6 is 0 Å². The van der Waals surface area contributed by atoms with Gasteiger partial charge in [0, 0.05) is 18.6 Å². The van der Waals surface area contributed by atoms with E-state index >= 15 is 0 Å². The molecule has 4 atom stereocenters. The van der Waals surface area contributed by atoms with Crippen LogP contribution in [0.5, 0.6) is 0 Å². The van der Waals surface area contributed by atoms with Gasteiger partial charge in [-0.1, -0.05) is 77.5 Å². The van der Waals surface area contributed by atoms with E-state index in [1.807, 2.05) is 66.9 Å². The maximum atomic E-state index is 10.7. The molecule has 5 nitrogen and oxygen atoms in total. The Balaban J connectivity index is 1.40. The molecule has 0 unspecified atom stereocenters. The van der Waals surface area contributed by atoms with E-state index in [1.54, 1.807) is 0 Å². The second-order valence-corrected chi connectivity index (χ2v) is 8.92. The van der Waals surface area contributed by atoms with E-state index in [0.29, 0.717) is 18.3 Å². The van der Waals surface area contributed by atoms with E-state index in [0.717, 1.165) is 36.8 Å². The smallest absolute Gasteiger partial charge is 0.303 e. The predicted molar refractivity (Wildman–Crippen MR) is 124 cm³/mol.